The number of carbonyl (C=O) groups excluding carboxylic acids is 2. The standard InChI is InChI=1S/C34H46N6O3/c1-5-15-38(16-6-2)33(42)34(3,4)43-31-18-30(21-35-22-31)39-17-7-8-27(24-39)32(41)40(29-13-14-29)23-25-9-11-26(12-10-25)28-19-36-37-20-28/h9-12,18-22,27,29H,5-8,13-17,23-24H2,1-4H3,(H,36,37)/t27-/m1/s1. The number of H-pyrrole nitrogens is 1. The second-order valence-corrected chi connectivity index (χ2v) is 12.4. The van der Waals surface area contributed by atoms with Crippen LogP contribution in [0.25, 0.3) is 11.1 Å². The summed E-state index contributed by atoms with van der Waals surface area (Å²) in [6.45, 7) is 11.4. The highest BCUT2D eigenvalue weighted by Gasteiger charge is 2.38. The molecule has 2 amide bonds. The monoisotopic (exact) mass is 586 g/mol. The van der Waals surface area contributed by atoms with Gasteiger partial charge in [0.2, 0.25) is 5.91 Å². The molecule has 2 aliphatic rings. The van der Waals surface area contributed by atoms with Crippen molar-refractivity contribution in [2.24, 2.45) is 5.92 Å². The van der Waals surface area contributed by atoms with Crippen LogP contribution in [0, 0.1) is 5.92 Å². The average Bonchev–Trinajstić information content (AvgIpc) is 3.71. The fourth-order valence-electron chi connectivity index (χ4n) is 6.04. The Balaban J connectivity index is 1.24. The highest BCUT2D eigenvalue weighted by molar-refractivity contribution is 5.85. The van der Waals surface area contributed by atoms with Crippen LogP contribution in [0.15, 0.2) is 55.1 Å². The normalized spacial score (nSPS) is 17.0. The quantitative estimate of drug-likeness (QED) is 0.277. The number of nitrogens with one attached hydrogen (secondary N) is 1. The number of anilines is 1. The Labute approximate surface area is 255 Å². The molecule has 9 nitrogen and oxygen atoms in total. The molecule has 2 fully saturated rings. The first-order valence-corrected chi connectivity index (χ1v) is 15.9. The van der Waals surface area contributed by atoms with E-state index >= 15 is 0 Å². The average molecular weight is 587 g/mol. The molecule has 1 saturated heterocycles. The first-order chi connectivity index (χ1) is 20.8. The molecule has 2 aromatic heterocycles. The van der Waals surface area contributed by atoms with Crippen molar-refractivity contribution in [3.8, 4) is 16.9 Å². The first-order valence-electron chi connectivity index (χ1n) is 15.9. The summed E-state index contributed by atoms with van der Waals surface area (Å²) >= 11 is 0. The summed E-state index contributed by atoms with van der Waals surface area (Å²) in [5.41, 5.74) is 3.22. The van der Waals surface area contributed by atoms with E-state index in [1.54, 1.807) is 6.20 Å². The fourth-order valence-corrected chi connectivity index (χ4v) is 6.04. The Morgan fingerprint density at radius 3 is 2.42 bits per heavy atom. The van der Waals surface area contributed by atoms with E-state index < -0.39 is 5.60 Å². The zero-order valence-corrected chi connectivity index (χ0v) is 26.1. The Hall–Kier alpha value is -3.88. The van der Waals surface area contributed by atoms with Gasteiger partial charge in [0.25, 0.3) is 5.91 Å². The van der Waals surface area contributed by atoms with Crippen molar-refractivity contribution in [2.75, 3.05) is 31.1 Å². The summed E-state index contributed by atoms with van der Waals surface area (Å²) in [7, 11) is 0. The number of aromatic nitrogens is 3. The van der Waals surface area contributed by atoms with Crippen molar-refractivity contribution in [2.45, 2.75) is 84.4 Å². The molecule has 1 aliphatic heterocycles. The maximum absolute atomic E-state index is 13.9. The molecule has 1 atom stereocenters. The second kappa shape index (κ2) is 13.6. The van der Waals surface area contributed by atoms with Gasteiger partial charge in [-0.1, -0.05) is 38.1 Å². The van der Waals surface area contributed by atoms with Gasteiger partial charge in [0, 0.05) is 56.6 Å². The fraction of sp³-hybridized carbons (Fsp3) is 0.529. The second-order valence-electron chi connectivity index (χ2n) is 12.4. The van der Waals surface area contributed by atoms with Crippen LogP contribution in [0.5, 0.6) is 5.75 Å². The van der Waals surface area contributed by atoms with E-state index in [1.165, 1.54) is 0 Å². The lowest BCUT2D eigenvalue weighted by atomic mass is 9.95. The summed E-state index contributed by atoms with van der Waals surface area (Å²) in [6, 6.07) is 10.7. The van der Waals surface area contributed by atoms with Crippen LogP contribution < -0.4 is 9.64 Å². The van der Waals surface area contributed by atoms with Gasteiger partial charge < -0.3 is 19.4 Å². The number of hydrogen-bond acceptors (Lipinski definition) is 6. The summed E-state index contributed by atoms with van der Waals surface area (Å²) < 4.78 is 6.26. The van der Waals surface area contributed by atoms with E-state index in [1.807, 2.05) is 43.4 Å². The molecule has 0 bridgehead atoms. The van der Waals surface area contributed by atoms with Crippen LogP contribution in [-0.4, -0.2) is 74.6 Å². The molecule has 230 valence electrons. The zero-order valence-electron chi connectivity index (χ0n) is 26.1. The number of benzene rings is 1. The number of hydrogen-bond donors (Lipinski definition) is 1. The van der Waals surface area contributed by atoms with Gasteiger partial charge in [-0.05, 0) is 63.5 Å². The van der Waals surface area contributed by atoms with Gasteiger partial charge in [-0.25, -0.2) is 0 Å². The molecule has 9 heteroatoms. The number of piperidine rings is 1. The summed E-state index contributed by atoms with van der Waals surface area (Å²) in [5.74, 6) is 0.723. The Morgan fingerprint density at radius 1 is 1.02 bits per heavy atom. The lowest BCUT2D eigenvalue weighted by Crippen LogP contribution is -2.49. The first kappa shape index (κ1) is 30.6. The van der Waals surface area contributed by atoms with E-state index in [-0.39, 0.29) is 17.7 Å². The van der Waals surface area contributed by atoms with Gasteiger partial charge in [-0.2, -0.15) is 5.10 Å². The molecule has 3 aromatic rings. The lowest BCUT2D eigenvalue weighted by Gasteiger charge is -2.36. The molecule has 0 radical (unpaired) electrons. The molecular formula is C34H46N6O3. The maximum atomic E-state index is 13.9. The number of aromatic amines is 1. The van der Waals surface area contributed by atoms with Crippen LogP contribution in [-0.2, 0) is 16.1 Å². The summed E-state index contributed by atoms with van der Waals surface area (Å²) in [6.07, 6.45) is 13.0. The molecule has 1 aliphatic carbocycles. The van der Waals surface area contributed by atoms with E-state index in [9.17, 15) is 9.59 Å². The highest BCUT2D eigenvalue weighted by atomic mass is 16.5. The van der Waals surface area contributed by atoms with Gasteiger partial charge in [0.05, 0.1) is 30.2 Å². The third kappa shape index (κ3) is 7.56. The summed E-state index contributed by atoms with van der Waals surface area (Å²) in [5, 5.41) is 6.90. The topological polar surface area (TPSA) is 94.7 Å². The molecule has 3 heterocycles. The zero-order chi connectivity index (χ0) is 30.4. The molecular weight excluding hydrogens is 540 g/mol. The SMILES string of the molecule is CCCN(CCC)C(=O)C(C)(C)Oc1cncc(N2CCC[C@@H](C(=O)N(Cc3ccc(-c4cn[nH]c4)cc3)C3CC3)C2)c1. The third-order valence-corrected chi connectivity index (χ3v) is 8.41. The number of nitrogens with zero attached hydrogens (tertiary/aromatic N) is 5. The number of ether oxygens (including phenoxy) is 1. The van der Waals surface area contributed by atoms with E-state index in [2.05, 4.69) is 63.1 Å². The van der Waals surface area contributed by atoms with E-state index in [0.29, 0.717) is 24.9 Å². The minimum atomic E-state index is -1.01. The van der Waals surface area contributed by atoms with Crippen molar-refractivity contribution in [1.29, 1.82) is 0 Å². The van der Waals surface area contributed by atoms with Gasteiger partial charge >= 0.3 is 0 Å². The number of rotatable bonds is 13. The Bertz CT molecular complexity index is 1350. The number of pyridine rings is 1. The molecule has 1 N–H and O–H groups in total. The summed E-state index contributed by atoms with van der Waals surface area (Å²) in [4.78, 5) is 37.9. The molecule has 5 rings (SSSR count). The van der Waals surface area contributed by atoms with Crippen molar-refractivity contribution in [3.63, 3.8) is 0 Å². The van der Waals surface area contributed by atoms with Crippen molar-refractivity contribution in [1.82, 2.24) is 25.0 Å². The van der Waals surface area contributed by atoms with Crippen LogP contribution in [0.3, 0.4) is 0 Å². The molecule has 1 aromatic carbocycles. The Morgan fingerprint density at radius 2 is 1.77 bits per heavy atom. The van der Waals surface area contributed by atoms with Crippen LogP contribution in [0.1, 0.15) is 71.8 Å². The van der Waals surface area contributed by atoms with E-state index in [4.69, 9.17) is 4.74 Å². The van der Waals surface area contributed by atoms with Crippen LogP contribution in [0.2, 0.25) is 0 Å². The smallest absolute Gasteiger partial charge is 0.266 e. The van der Waals surface area contributed by atoms with Crippen LogP contribution in [0.4, 0.5) is 5.69 Å². The largest absolute Gasteiger partial charge is 0.476 e. The minimum Gasteiger partial charge on any atom is -0.476 e. The number of amides is 2. The number of carbonyl (C=O) groups is 2. The van der Waals surface area contributed by atoms with Crippen molar-refractivity contribution < 1.29 is 14.3 Å². The van der Waals surface area contributed by atoms with Crippen LogP contribution >= 0.6 is 0 Å². The van der Waals surface area contributed by atoms with E-state index in [0.717, 1.165) is 80.5 Å². The van der Waals surface area contributed by atoms with Gasteiger partial charge in [0.15, 0.2) is 5.60 Å². The Kier molecular flexibility index (Phi) is 9.68. The molecule has 43 heavy (non-hydrogen) atoms. The minimum absolute atomic E-state index is 0.0125. The maximum Gasteiger partial charge on any atom is 0.266 e. The predicted molar refractivity (Wildman–Crippen MR) is 169 cm³/mol. The lowest BCUT2D eigenvalue weighted by molar-refractivity contribution is -0.145. The molecule has 1 saturated carbocycles. The predicted octanol–water partition coefficient (Wildman–Crippen LogP) is 5.69. The highest BCUT2D eigenvalue weighted by Crippen LogP contribution is 2.33. The molecule has 0 unspecified atom stereocenters. The van der Waals surface area contributed by atoms with Gasteiger partial charge in [-0.15, -0.1) is 0 Å². The van der Waals surface area contributed by atoms with Gasteiger partial charge in [0.1, 0.15) is 5.75 Å². The third-order valence-electron chi connectivity index (χ3n) is 8.41. The van der Waals surface area contributed by atoms with Crippen molar-refractivity contribution >= 4 is 17.5 Å². The van der Waals surface area contributed by atoms with Crippen molar-refractivity contribution in [3.05, 3.63) is 60.7 Å². The molecule has 0 spiro atoms. The van der Waals surface area contributed by atoms with Gasteiger partial charge in [-0.3, -0.25) is 19.7 Å².